The number of hydrogen-bond donors (Lipinski definition) is 2. The standard InChI is InChI=1S/C27H32N6S/c1-4-18-11-12-20(15-19(18)5-2)25-31-26(30-17(3)23-13-14-24(28)34-23)22-16-29-33(27(22)32-25)21-9-7-6-8-10-21/h11-16,21H,3-10,28H2,1-2H3,(H,30,31,32). The fraction of sp³-hybridized carbons (Fsp3) is 0.370. The molecule has 0 aliphatic heterocycles. The van der Waals surface area contributed by atoms with Crippen LogP contribution in [0, 0.1) is 0 Å². The van der Waals surface area contributed by atoms with Crippen LogP contribution in [0.4, 0.5) is 10.8 Å². The molecule has 3 N–H and O–H groups in total. The van der Waals surface area contributed by atoms with Crippen molar-refractivity contribution in [2.75, 3.05) is 11.1 Å². The van der Waals surface area contributed by atoms with Crippen LogP contribution in [0.3, 0.4) is 0 Å². The van der Waals surface area contributed by atoms with E-state index in [0.29, 0.717) is 11.9 Å². The van der Waals surface area contributed by atoms with E-state index >= 15 is 0 Å². The highest BCUT2D eigenvalue weighted by Gasteiger charge is 2.22. The molecule has 0 radical (unpaired) electrons. The van der Waals surface area contributed by atoms with Crippen LogP contribution in [-0.4, -0.2) is 19.7 Å². The van der Waals surface area contributed by atoms with Gasteiger partial charge in [0.1, 0.15) is 5.82 Å². The number of rotatable bonds is 7. The summed E-state index contributed by atoms with van der Waals surface area (Å²) >= 11 is 1.51. The monoisotopic (exact) mass is 472 g/mol. The van der Waals surface area contributed by atoms with Gasteiger partial charge in [0.2, 0.25) is 0 Å². The molecule has 176 valence electrons. The Morgan fingerprint density at radius 1 is 1.09 bits per heavy atom. The highest BCUT2D eigenvalue weighted by atomic mass is 32.1. The van der Waals surface area contributed by atoms with Gasteiger partial charge in [-0.3, -0.25) is 0 Å². The van der Waals surface area contributed by atoms with Crippen LogP contribution in [0.5, 0.6) is 0 Å². The summed E-state index contributed by atoms with van der Waals surface area (Å²) in [6.07, 6.45) is 9.97. The number of hydrogen-bond acceptors (Lipinski definition) is 6. The van der Waals surface area contributed by atoms with Gasteiger partial charge in [0.25, 0.3) is 0 Å². The van der Waals surface area contributed by atoms with Crippen molar-refractivity contribution >= 4 is 38.9 Å². The molecular formula is C27H32N6S. The maximum atomic E-state index is 5.95. The predicted octanol–water partition coefficient (Wildman–Crippen LogP) is 6.85. The van der Waals surface area contributed by atoms with Crippen molar-refractivity contribution in [2.45, 2.75) is 64.8 Å². The van der Waals surface area contributed by atoms with Gasteiger partial charge in [0.15, 0.2) is 11.5 Å². The van der Waals surface area contributed by atoms with Crippen molar-refractivity contribution in [2.24, 2.45) is 0 Å². The lowest BCUT2D eigenvalue weighted by Crippen LogP contribution is -2.15. The Hall–Kier alpha value is -3.19. The number of anilines is 2. The topological polar surface area (TPSA) is 81.7 Å². The van der Waals surface area contributed by atoms with E-state index in [9.17, 15) is 0 Å². The molecular weight excluding hydrogens is 440 g/mol. The number of thiophene rings is 1. The first-order valence-electron chi connectivity index (χ1n) is 12.3. The van der Waals surface area contributed by atoms with E-state index in [1.54, 1.807) is 0 Å². The number of aryl methyl sites for hydroxylation is 2. The van der Waals surface area contributed by atoms with Gasteiger partial charge < -0.3 is 11.1 Å². The van der Waals surface area contributed by atoms with E-state index in [2.05, 4.69) is 48.6 Å². The maximum Gasteiger partial charge on any atom is 0.164 e. The van der Waals surface area contributed by atoms with Gasteiger partial charge in [-0.2, -0.15) is 5.10 Å². The summed E-state index contributed by atoms with van der Waals surface area (Å²) in [6, 6.07) is 10.9. The van der Waals surface area contributed by atoms with Crippen molar-refractivity contribution in [1.29, 1.82) is 0 Å². The lowest BCUT2D eigenvalue weighted by Gasteiger charge is -2.22. The smallest absolute Gasteiger partial charge is 0.164 e. The molecule has 0 amide bonds. The van der Waals surface area contributed by atoms with Crippen LogP contribution < -0.4 is 11.1 Å². The van der Waals surface area contributed by atoms with E-state index in [1.165, 1.54) is 41.7 Å². The summed E-state index contributed by atoms with van der Waals surface area (Å²) in [5, 5.41) is 9.92. The lowest BCUT2D eigenvalue weighted by molar-refractivity contribution is 0.336. The Labute approximate surface area is 204 Å². The number of benzene rings is 1. The number of nitrogens with one attached hydrogen (secondary N) is 1. The molecule has 0 unspecified atom stereocenters. The van der Waals surface area contributed by atoms with Gasteiger partial charge >= 0.3 is 0 Å². The third-order valence-electron chi connectivity index (χ3n) is 6.79. The van der Waals surface area contributed by atoms with E-state index in [1.807, 2.05) is 18.3 Å². The Morgan fingerprint density at radius 2 is 1.88 bits per heavy atom. The average Bonchev–Trinajstić information content (AvgIpc) is 3.50. The third-order valence-corrected chi connectivity index (χ3v) is 7.77. The van der Waals surface area contributed by atoms with Crippen molar-refractivity contribution in [3.8, 4) is 11.4 Å². The minimum Gasteiger partial charge on any atom is -0.391 e. The molecule has 7 heteroatoms. The number of nitrogens with two attached hydrogens (primary N) is 1. The molecule has 1 aromatic carbocycles. The first-order valence-corrected chi connectivity index (χ1v) is 13.1. The van der Waals surface area contributed by atoms with Crippen LogP contribution in [0.2, 0.25) is 0 Å². The van der Waals surface area contributed by atoms with E-state index in [-0.39, 0.29) is 0 Å². The number of nitrogen functional groups attached to an aromatic ring is 1. The molecule has 6 nitrogen and oxygen atoms in total. The van der Waals surface area contributed by atoms with Crippen molar-refractivity contribution in [3.63, 3.8) is 0 Å². The van der Waals surface area contributed by atoms with Gasteiger partial charge in [-0.15, -0.1) is 11.3 Å². The largest absolute Gasteiger partial charge is 0.391 e. The van der Waals surface area contributed by atoms with Gasteiger partial charge in [-0.1, -0.05) is 51.8 Å². The second-order valence-electron chi connectivity index (χ2n) is 9.01. The lowest BCUT2D eigenvalue weighted by atomic mass is 9.96. The fourth-order valence-electron chi connectivity index (χ4n) is 4.90. The Kier molecular flexibility index (Phi) is 6.37. The summed E-state index contributed by atoms with van der Waals surface area (Å²) in [7, 11) is 0. The molecule has 0 bridgehead atoms. The second-order valence-corrected chi connectivity index (χ2v) is 10.1. The molecule has 0 saturated heterocycles. The molecule has 0 spiro atoms. The highest BCUT2D eigenvalue weighted by molar-refractivity contribution is 7.16. The molecule has 1 aliphatic carbocycles. The molecule has 5 rings (SSSR count). The van der Waals surface area contributed by atoms with Crippen LogP contribution in [0.1, 0.15) is 68.0 Å². The van der Waals surface area contributed by atoms with Gasteiger partial charge in [0, 0.05) is 11.3 Å². The van der Waals surface area contributed by atoms with Crippen molar-refractivity contribution < 1.29 is 0 Å². The second kappa shape index (κ2) is 9.58. The molecule has 1 aliphatic rings. The summed E-state index contributed by atoms with van der Waals surface area (Å²) in [6.45, 7) is 8.64. The third kappa shape index (κ3) is 4.32. The first kappa shape index (κ1) is 22.6. The molecule has 3 heterocycles. The molecule has 34 heavy (non-hydrogen) atoms. The van der Waals surface area contributed by atoms with Gasteiger partial charge in [-0.25, -0.2) is 14.6 Å². The van der Waals surface area contributed by atoms with E-state index in [4.69, 9.17) is 20.8 Å². The zero-order valence-electron chi connectivity index (χ0n) is 20.0. The van der Waals surface area contributed by atoms with E-state index in [0.717, 1.165) is 63.7 Å². The summed E-state index contributed by atoms with van der Waals surface area (Å²) < 4.78 is 2.12. The fourth-order valence-corrected chi connectivity index (χ4v) is 5.60. The van der Waals surface area contributed by atoms with Crippen LogP contribution in [0.25, 0.3) is 28.1 Å². The molecule has 0 atom stereocenters. The Balaban J connectivity index is 1.62. The summed E-state index contributed by atoms with van der Waals surface area (Å²) in [5.41, 5.74) is 11.4. The number of nitrogens with zero attached hydrogens (tertiary/aromatic N) is 4. The number of fused-ring (bicyclic) bond motifs is 1. The average molecular weight is 473 g/mol. The Bertz CT molecular complexity index is 1330. The highest BCUT2D eigenvalue weighted by Crippen LogP contribution is 2.34. The predicted molar refractivity (Wildman–Crippen MR) is 143 cm³/mol. The summed E-state index contributed by atoms with van der Waals surface area (Å²) in [4.78, 5) is 11.0. The minimum atomic E-state index is 0.385. The zero-order chi connectivity index (χ0) is 23.7. The minimum absolute atomic E-state index is 0.385. The Morgan fingerprint density at radius 3 is 2.59 bits per heavy atom. The molecule has 1 fully saturated rings. The number of aromatic nitrogens is 4. The molecule has 3 aromatic heterocycles. The summed E-state index contributed by atoms with van der Waals surface area (Å²) in [5.74, 6) is 1.44. The van der Waals surface area contributed by atoms with Crippen LogP contribution in [-0.2, 0) is 12.8 Å². The maximum absolute atomic E-state index is 5.95. The van der Waals surface area contributed by atoms with Crippen LogP contribution >= 0.6 is 11.3 Å². The first-order chi connectivity index (χ1) is 16.6. The van der Waals surface area contributed by atoms with Crippen LogP contribution in [0.15, 0.2) is 43.1 Å². The SMILES string of the molecule is C=C(Nc1nc(-c2ccc(CC)c(CC)c2)nc2c1cnn2C1CCCCC1)c1ccc(N)s1. The van der Waals surface area contributed by atoms with Crippen molar-refractivity contribution in [1.82, 2.24) is 19.7 Å². The normalized spacial score (nSPS) is 14.5. The van der Waals surface area contributed by atoms with E-state index < -0.39 is 0 Å². The molecule has 4 aromatic rings. The van der Waals surface area contributed by atoms with Crippen molar-refractivity contribution in [3.05, 3.63) is 59.1 Å². The van der Waals surface area contributed by atoms with Gasteiger partial charge in [-0.05, 0) is 55.0 Å². The zero-order valence-corrected chi connectivity index (χ0v) is 20.8. The molecule has 1 saturated carbocycles. The quantitative estimate of drug-likeness (QED) is 0.307. The van der Waals surface area contributed by atoms with Gasteiger partial charge in [0.05, 0.1) is 27.5 Å².